The van der Waals surface area contributed by atoms with Crippen LogP contribution in [-0.4, -0.2) is 9.55 Å². The van der Waals surface area contributed by atoms with Crippen LogP contribution in [0.1, 0.15) is 22.4 Å². The summed E-state index contributed by atoms with van der Waals surface area (Å²) in [7, 11) is 0. The Morgan fingerprint density at radius 2 is 2.17 bits per heavy atom. The van der Waals surface area contributed by atoms with Crippen molar-refractivity contribution < 1.29 is 0 Å². The summed E-state index contributed by atoms with van der Waals surface area (Å²) in [6.45, 7) is 4.07. The summed E-state index contributed by atoms with van der Waals surface area (Å²) in [5.74, 6) is 0. The summed E-state index contributed by atoms with van der Waals surface area (Å²) in [5.41, 5.74) is 2.44. The Kier molecular flexibility index (Phi) is 3.24. The summed E-state index contributed by atoms with van der Waals surface area (Å²) >= 11 is 0. The lowest BCUT2D eigenvalue weighted by Gasteiger charge is -2.09. The first-order valence-corrected chi connectivity index (χ1v) is 5.64. The number of nitriles is 1. The summed E-state index contributed by atoms with van der Waals surface area (Å²) in [4.78, 5) is 16.3. The molecule has 0 fully saturated rings. The van der Waals surface area contributed by atoms with Gasteiger partial charge in [0.25, 0.3) is 5.56 Å². The quantitative estimate of drug-likeness (QED) is 0.802. The van der Waals surface area contributed by atoms with Crippen molar-refractivity contribution in [3.05, 3.63) is 63.3 Å². The molecule has 0 atom stereocenters. The molecule has 0 N–H and O–H groups in total. The molecule has 0 unspecified atom stereocenters. The smallest absolute Gasteiger partial charge is 0.269 e. The first-order valence-electron chi connectivity index (χ1n) is 5.64. The minimum absolute atomic E-state index is 0.214. The molecule has 0 aliphatic heterocycles. The van der Waals surface area contributed by atoms with Gasteiger partial charge in [0.2, 0.25) is 0 Å². The Hall–Kier alpha value is -2.41. The van der Waals surface area contributed by atoms with E-state index in [2.05, 4.69) is 4.98 Å². The highest BCUT2D eigenvalue weighted by atomic mass is 16.1. The highest BCUT2D eigenvalue weighted by molar-refractivity contribution is 5.39. The van der Waals surface area contributed by atoms with E-state index in [-0.39, 0.29) is 11.1 Å². The number of aromatic nitrogens is 2. The monoisotopic (exact) mass is 239 g/mol. The van der Waals surface area contributed by atoms with Gasteiger partial charge in [0.15, 0.2) is 0 Å². The van der Waals surface area contributed by atoms with E-state index in [0.717, 1.165) is 16.8 Å². The Labute approximate surface area is 105 Å². The minimum Gasteiger partial charge on any atom is -0.308 e. The van der Waals surface area contributed by atoms with Gasteiger partial charge in [-0.1, -0.05) is 6.07 Å². The third-order valence-electron chi connectivity index (χ3n) is 2.96. The first kappa shape index (κ1) is 12.1. The maximum atomic E-state index is 12.1. The molecule has 4 heteroatoms. The lowest BCUT2D eigenvalue weighted by Crippen LogP contribution is -2.24. The molecule has 0 spiro atoms. The molecule has 18 heavy (non-hydrogen) atoms. The molecule has 90 valence electrons. The predicted octanol–water partition coefficient (Wildman–Crippen LogP) is 1.78. The SMILES string of the molecule is Cc1cn(Cc2ccccn2)c(=O)c(C#N)c1C. The second kappa shape index (κ2) is 4.84. The second-order valence-corrected chi connectivity index (χ2v) is 4.18. The fourth-order valence-corrected chi connectivity index (χ4v) is 1.81. The van der Waals surface area contributed by atoms with E-state index in [0.29, 0.717) is 6.54 Å². The van der Waals surface area contributed by atoms with Gasteiger partial charge in [0.1, 0.15) is 11.6 Å². The van der Waals surface area contributed by atoms with Crippen LogP contribution < -0.4 is 5.56 Å². The summed E-state index contributed by atoms with van der Waals surface area (Å²) < 4.78 is 1.53. The van der Waals surface area contributed by atoms with Crippen LogP contribution in [0.2, 0.25) is 0 Å². The number of hydrogen-bond donors (Lipinski definition) is 0. The third kappa shape index (κ3) is 2.16. The number of pyridine rings is 2. The van der Waals surface area contributed by atoms with Crippen molar-refractivity contribution in [3.8, 4) is 6.07 Å². The molecule has 0 bridgehead atoms. The van der Waals surface area contributed by atoms with Crippen LogP contribution in [0.15, 0.2) is 35.4 Å². The molecule has 0 radical (unpaired) electrons. The highest BCUT2D eigenvalue weighted by Crippen LogP contribution is 2.08. The van der Waals surface area contributed by atoms with E-state index in [9.17, 15) is 4.79 Å². The summed E-state index contributed by atoms with van der Waals surface area (Å²) in [6, 6.07) is 7.53. The maximum absolute atomic E-state index is 12.1. The fourth-order valence-electron chi connectivity index (χ4n) is 1.81. The molecule has 0 saturated heterocycles. The van der Waals surface area contributed by atoms with Crippen LogP contribution >= 0.6 is 0 Å². The molecular weight excluding hydrogens is 226 g/mol. The Bertz CT molecular complexity index is 666. The van der Waals surface area contributed by atoms with Gasteiger partial charge >= 0.3 is 0 Å². The molecule has 4 nitrogen and oxygen atoms in total. The van der Waals surface area contributed by atoms with Crippen molar-refractivity contribution in [2.45, 2.75) is 20.4 Å². The zero-order valence-electron chi connectivity index (χ0n) is 10.3. The molecule has 0 saturated carbocycles. The number of hydrogen-bond acceptors (Lipinski definition) is 3. The number of nitrogens with zero attached hydrogens (tertiary/aromatic N) is 3. The van der Waals surface area contributed by atoms with Crippen LogP contribution in [-0.2, 0) is 6.54 Å². The van der Waals surface area contributed by atoms with Gasteiger partial charge in [0, 0.05) is 12.4 Å². The fraction of sp³-hybridized carbons (Fsp3) is 0.214. The van der Waals surface area contributed by atoms with Gasteiger partial charge < -0.3 is 4.57 Å². The Morgan fingerprint density at radius 3 is 2.78 bits per heavy atom. The van der Waals surface area contributed by atoms with Gasteiger partial charge in [0.05, 0.1) is 12.2 Å². The lowest BCUT2D eigenvalue weighted by molar-refractivity contribution is 0.730. The molecule has 0 aliphatic carbocycles. The van der Waals surface area contributed by atoms with Gasteiger partial charge in [-0.05, 0) is 37.1 Å². The zero-order valence-corrected chi connectivity index (χ0v) is 10.3. The number of rotatable bonds is 2. The van der Waals surface area contributed by atoms with Crippen LogP contribution in [0, 0.1) is 25.2 Å². The van der Waals surface area contributed by atoms with Crippen LogP contribution in [0.25, 0.3) is 0 Å². The van der Waals surface area contributed by atoms with E-state index in [1.165, 1.54) is 4.57 Å². The largest absolute Gasteiger partial charge is 0.308 e. The zero-order chi connectivity index (χ0) is 13.1. The molecule has 2 aromatic rings. The van der Waals surface area contributed by atoms with E-state index in [1.54, 1.807) is 19.3 Å². The predicted molar refractivity (Wildman–Crippen MR) is 68.2 cm³/mol. The van der Waals surface area contributed by atoms with Crippen molar-refractivity contribution in [1.82, 2.24) is 9.55 Å². The molecule has 2 rings (SSSR count). The van der Waals surface area contributed by atoms with Crippen LogP contribution in [0.3, 0.4) is 0 Å². The van der Waals surface area contributed by atoms with Crippen LogP contribution in [0.4, 0.5) is 0 Å². The van der Waals surface area contributed by atoms with Crippen LogP contribution in [0.5, 0.6) is 0 Å². The van der Waals surface area contributed by atoms with Crippen molar-refractivity contribution >= 4 is 0 Å². The van der Waals surface area contributed by atoms with E-state index < -0.39 is 0 Å². The lowest BCUT2D eigenvalue weighted by atomic mass is 10.1. The average Bonchev–Trinajstić information content (AvgIpc) is 2.38. The number of aryl methyl sites for hydroxylation is 1. The van der Waals surface area contributed by atoms with E-state index in [1.807, 2.05) is 31.2 Å². The summed E-state index contributed by atoms with van der Waals surface area (Å²) in [6.07, 6.45) is 3.46. The van der Waals surface area contributed by atoms with Crippen molar-refractivity contribution in [2.75, 3.05) is 0 Å². The van der Waals surface area contributed by atoms with Gasteiger partial charge in [-0.2, -0.15) is 5.26 Å². The molecular formula is C14H13N3O. The highest BCUT2D eigenvalue weighted by Gasteiger charge is 2.10. The van der Waals surface area contributed by atoms with Crippen molar-refractivity contribution in [3.63, 3.8) is 0 Å². The molecule has 2 heterocycles. The van der Waals surface area contributed by atoms with Crippen molar-refractivity contribution in [2.24, 2.45) is 0 Å². The first-order chi connectivity index (χ1) is 8.63. The third-order valence-corrected chi connectivity index (χ3v) is 2.96. The molecule has 2 aromatic heterocycles. The second-order valence-electron chi connectivity index (χ2n) is 4.18. The normalized spacial score (nSPS) is 10.1. The van der Waals surface area contributed by atoms with Gasteiger partial charge in [-0.3, -0.25) is 9.78 Å². The molecule has 0 amide bonds. The standard InChI is InChI=1S/C14H13N3O/c1-10-8-17(9-12-5-3-4-6-16-12)14(18)13(7-15)11(10)2/h3-6,8H,9H2,1-2H3. The maximum Gasteiger partial charge on any atom is 0.269 e. The molecule has 0 aliphatic rings. The summed E-state index contributed by atoms with van der Waals surface area (Å²) in [5, 5.41) is 9.04. The molecule has 0 aromatic carbocycles. The van der Waals surface area contributed by atoms with Gasteiger partial charge in [-0.25, -0.2) is 0 Å². The minimum atomic E-state index is -0.258. The Balaban J connectivity index is 2.51. The Morgan fingerprint density at radius 1 is 1.39 bits per heavy atom. The van der Waals surface area contributed by atoms with E-state index >= 15 is 0 Å². The van der Waals surface area contributed by atoms with Crippen molar-refractivity contribution in [1.29, 1.82) is 5.26 Å². The van der Waals surface area contributed by atoms with E-state index in [4.69, 9.17) is 5.26 Å². The van der Waals surface area contributed by atoms with Gasteiger partial charge in [-0.15, -0.1) is 0 Å². The average molecular weight is 239 g/mol. The topological polar surface area (TPSA) is 58.7 Å².